The molecule has 0 atom stereocenters. The van der Waals surface area contributed by atoms with Crippen LogP contribution in [0, 0.1) is 5.82 Å². The van der Waals surface area contributed by atoms with Gasteiger partial charge in [0.25, 0.3) is 0 Å². The van der Waals surface area contributed by atoms with Crippen molar-refractivity contribution in [1.82, 2.24) is 0 Å². The van der Waals surface area contributed by atoms with E-state index in [4.69, 9.17) is 22.1 Å². The van der Waals surface area contributed by atoms with Gasteiger partial charge in [-0.15, -0.1) is 0 Å². The lowest BCUT2D eigenvalue weighted by molar-refractivity contribution is 0.307. The SMILES string of the molecule is Nc1ccc(-c2ccccc2OCc2ccccc2)c(Cl)c1F. The summed E-state index contributed by atoms with van der Waals surface area (Å²) in [6, 6.07) is 20.4. The maximum Gasteiger partial charge on any atom is 0.165 e. The second-order valence-electron chi connectivity index (χ2n) is 5.10. The molecule has 0 radical (unpaired) electrons. The van der Waals surface area contributed by atoms with Gasteiger partial charge in [-0.25, -0.2) is 4.39 Å². The zero-order valence-electron chi connectivity index (χ0n) is 12.3. The van der Waals surface area contributed by atoms with Gasteiger partial charge >= 0.3 is 0 Å². The summed E-state index contributed by atoms with van der Waals surface area (Å²) in [6.07, 6.45) is 0. The lowest BCUT2D eigenvalue weighted by atomic mass is 10.0. The van der Waals surface area contributed by atoms with Crippen LogP contribution in [0.4, 0.5) is 10.1 Å². The summed E-state index contributed by atoms with van der Waals surface area (Å²) in [5.41, 5.74) is 7.92. The normalized spacial score (nSPS) is 10.5. The highest BCUT2D eigenvalue weighted by Crippen LogP contribution is 2.37. The minimum atomic E-state index is -0.609. The molecule has 0 spiro atoms. The first-order valence-corrected chi connectivity index (χ1v) is 7.54. The Hall–Kier alpha value is -2.52. The molecule has 3 aromatic carbocycles. The summed E-state index contributed by atoms with van der Waals surface area (Å²) >= 11 is 6.11. The van der Waals surface area contributed by atoms with Gasteiger partial charge in [-0.3, -0.25) is 0 Å². The van der Waals surface area contributed by atoms with Crippen LogP contribution in [0.15, 0.2) is 66.7 Å². The number of hydrogen-bond acceptors (Lipinski definition) is 2. The van der Waals surface area contributed by atoms with Crippen LogP contribution < -0.4 is 10.5 Å². The van der Waals surface area contributed by atoms with Crippen LogP contribution in [0.25, 0.3) is 11.1 Å². The topological polar surface area (TPSA) is 35.2 Å². The van der Waals surface area contributed by atoms with Crippen molar-refractivity contribution < 1.29 is 9.13 Å². The Balaban J connectivity index is 1.94. The average molecular weight is 328 g/mol. The fraction of sp³-hybridized carbons (Fsp3) is 0.0526. The Morgan fingerprint density at radius 1 is 0.870 bits per heavy atom. The molecule has 2 nitrogen and oxygen atoms in total. The lowest BCUT2D eigenvalue weighted by Gasteiger charge is -2.13. The van der Waals surface area contributed by atoms with Crippen molar-refractivity contribution in [1.29, 1.82) is 0 Å². The average Bonchev–Trinajstić information content (AvgIpc) is 2.59. The molecule has 0 saturated heterocycles. The minimum Gasteiger partial charge on any atom is -0.488 e. The maximum absolute atomic E-state index is 14.0. The van der Waals surface area contributed by atoms with E-state index in [0.717, 1.165) is 11.1 Å². The summed E-state index contributed by atoms with van der Waals surface area (Å²) in [7, 11) is 0. The minimum absolute atomic E-state index is 0.000705. The summed E-state index contributed by atoms with van der Waals surface area (Å²) < 4.78 is 19.9. The van der Waals surface area contributed by atoms with Gasteiger partial charge in [0.2, 0.25) is 0 Å². The number of rotatable bonds is 4. The van der Waals surface area contributed by atoms with Crippen molar-refractivity contribution in [3.8, 4) is 16.9 Å². The molecule has 0 heterocycles. The highest BCUT2D eigenvalue weighted by atomic mass is 35.5. The van der Waals surface area contributed by atoms with Gasteiger partial charge in [-0.1, -0.05) is 66.2 Å². The van der Waals surface area contributed by atoms with E-state index in [-0.39, 0.29) is 10.7 Å². The van der Waals surface area contributed by atoms with Crippen LogP contribution in [0.2, 0.25) is 5.02 Å². The summed E-state index contributed by atoms with van der Waals surface area (Å²) in [5, 5.41) is 0.000705. The quantitative estimate of drug-likeness (QED) is 0.659. The van der Waals surface area contributed by atoms with Crippen LogP contribution in [0.1, 0.15) is 5.56 Å². The Bertz CT molecular complexity index is 821. The zero-order valence-corrected chi connectivity index (χ0v) is 13.1. The first kappa shape index (κ1) is 15.4. The number of para-hydroxylation sites is 1. The predicted molar refractivity (Wildman–Crippen MR) is 92.0 cm³/mol. The van der Waals surface area contributed by atoms with Gasteiger partial charge in [0, 0.05) is 11.1 Å². The number of nitrogens with two attached hydrogens (primary N) is 1. The van der Waals surface area contributed by atoms with Gasteiger partial charge < -0.3 is 10.5 Å². The summed E-state index contributed by atoms with van der Waals surface area (Å²) in [5.74, 6) is 0.0319. The number of benzene rings is 3. The monoisotopic (exact) mass is 327 g/mol. The molecule has 0 aliphatic rings. The number of halogens is 2. The molecule has 0 bridgehead atoms. The van der Waals surface area contributed by atoms with E-state index in [9.17, 15) is 4.39 Å². The van der Waals surface area contributed by atoms with E-state index in [2.05, 4.69) is 0 Å². The third-order valence-electron chi connectivity index (χ3n) is 3.53. The van der Waals surface area contributed by atoms with Gasteiger partial charge in [0.05, 0.1) is 10.7 Å². The lowest BCUT2D eigenvalue weighted by Crippen LogP contribution is -1.98. The van der Waals surface area contributed by atoms with E-state index in [1.807, 2.05) is 54.6 Å². The van der Waals surface area contributed by atoms with E-state index in [1.165, 1.54) is 6.07 Å². The predicted octanol–water partition coefficient (Wildman–Crippen LogP) is 5.31. The van der Waals surface area contributed by atoms with Crippen LogP contribution in [0.5, 0.6) is 5.75 Å². The number of hydrogen-bond donors (Lipinski definition) is 1. The molecule has 0 fully saturated rings. The van der Waals surface area contributed by atoms with Gasteiger partial charge in [-0.2, -0.15) is 0 Å². The Labute approximate surface area is 139 Å². The molecule has 0 aromatic heterocycles. The molecule has 0 aliphatic carbocycles. The third-order valence-corrected chi connectivity index (χ3v) is 3.90. The van der Waals surface area contributed by atoms with Crippen LogP contribution in [-0.4, -0.2) is 0 Å². The molecule has 2 N–H and O–H groups in total. The molecule has 0 amide bonds. The number of anilines is 1. The molecular weight excluding hydrogens is 313 g/mol. The fourth-order valence-corrected chi connectivity index (χ4v) is 2.60. The molecule has 3 aromatic rings. The summed E-state index contributed by atoms with van der Waals surface area (Å²) in [4.78, 5) is 0. The molecular formula is C19H15ClFNO. The van der Waals surface area contributed by atoms with Crippen molar-refractivity contribution in [2.24, 2.45) is 0 Å². The van der Waals surface area contributed by atoms with E-state index in [0.29, 0.717) is 17.9 Å². The molecule has 116 valence electrons. The second-order valence-corrected chi connectivity index (χ2v) is 5.48. The van der Waals surface area contributed by atoms with Crippen molar-refractivity contribution in [3.05, 3.63) is 83.1 Å². The summed E-state index contributed by atoms with van der Waals surface area (Å²) in [6.45, 7) is 0.424. The number of nitrogen functional groups attached to an aromatic ring is 1. The van der Waals surface area contributed by atoms with Crippen LogP contribution in [0.3, 0.4) is 0 Å². The zero-order chi connectivity index (χ0) is 16.2. The molecule has 0 aliphatic heterocycles. The smallest absolute Gasteiger partial charge is 0.165 e. The van der Waals surface area contributed by atoms with Crippen molar-refractivity contribution >= 4 is 17.3 Å². The third kappa shape index (κ3) is 3.30. The Morgan fingerprint density at radius 3 is 2.35 bits per heavy atom. The van der Waals surface area contributed by atoms with Crippen molar-refractivity contribution in [3.63, 3.8) is 0 Å². The first-order valence-electron chi connectivity index (χ1n) is 7.16. The molecule has 0 unspecified atom stereocenters. The number of ether oxygens (including phenoxy) is 1. The first-order chi connectivity index (χ1) is 11.2. The highest BCUT2D eigenvalue weighted by Gasteiger charge is 2.14. The molecule has 4 heteroatoms. The van der Waals surface area contributed by atoms with Crippen molar-refractivity contribution in [2.75, 3.05) is 5.73 Å². The van der Waals surface area contributed by atoms with E-state index < -0.39 is 5.82 Å². The van der Waals surface area contributed by atoms with Gasteiger partial charge in [-0.05, 0) is 17.7 Å². The van der Waals surface area contributed by atoms with E-state index >= 15 is 0 Å². The van der Waals surface area contributed by atoms with Gasteiger partial charge in [0.15, 0.2) is 5.82 Å². The largest absolute Gasteiger partial charge is 0.488 e. The van der Waals surface area contributed by atoms with Gasteiger partial charge in [0.1, 0.15) is 12.4 Å². The molecule has 23 heavy (non-hydrogen) atoms. The Morgan fingerprint density at radius 2 is 1.57 bits per heavy atom. The maximum atomic E-state index is 14.0. The molecule has 3 rings (SSSR count). The highest BCUT2D eigenvalue weighted by molar-refractivity contribution is 6.33. The van der Waals surface area contributed by atoms with Crippen LogP contribution in [-0.2, 0) is 6.61 Å². The van der Waals surface area contributed by atoms with Crippen molar-refractivity contribution in [2.45, 2.75) is 6.61 Å². The second kappa shape index (κ2) is 6.71. The Kier molecular flexibility index (Phi) is 4.49. The van der Waals surface area contributed by atoms with Crippen LogP contribution >= 0.6 is 11.6 Å². The molecule has 0 saturated carbocycles. The standard InChI is InChI=1S/C19H15ClFNO/c20-18-15(10-11-16(22)19(18)21)14-8-4-5-9-17(14)23-12-13-6-2-1-3-7-13/h1-11H,12,22H2. The van der Waals surface area contributed by atoms with E-state index in [1.54, 1.807) is 6.07 Å². The fourth-order valence-electron chi connectivity index (χ4n) is 2.32.